The van der Waals surface area contributed by atoms with Crippen molar-refractivity contribution < 1.29 is 0 Å². The Morgan fingerprint density at radius 3 is 2.80 bits per heavy atom. The second-order valence-corrected chi connectivity index (χ2v) is 4.95. The molecule has 15 heavy (non-hydrogen) atoms. The minimum Gasteiger partial charge on any atom is -0.314 e. The van der Waals surface area contributed by atoms with E-state index in [1.54, 1.807) is 6.33 Å². The fourth-order valence-electron chi connectivity index (χ4n) is 1.44. The number of nitrogens with one attached hydrogen (secondary N) is 1. The molecule has 2 atom stereocenters. The van der Waals surface area contributed by atoms with Gasteiger partial charge in [0.1, 0.15) is 6.33 Å². The summed E-state index contributed by atoms with van der Waals surface area (Å²) < 4.78 is 1.15. The molecule has 1 heterocycles. The molecule has 0 spiro atoms. The van der Waals surface area contributed by atoms with Gasteiger partial charge in [-0.05, 0) is 42.5 Å². The summed E-state index contributed by atoms with van der Waals surface area (Å²) in [4.78, 5) is 8.36. The van der Waals surface area contributed by atoms with E-state index in [0.717, 1.165) is 22.2 Å². The van der Waals surface area contributed by atoms with Crippen molar-refractivity contribution in [1.29, 1.82) is 0 Å². The highest BCUT2D eigenvalue weighted by molar-refractivity contribution is 14.1. The standard InChI is InChI=1S/C11H18IN3/c1-4-5-14-9(3)8(2)11-10(12)6-13-7-15-11/h6-9,14H,4-5H2,1-3H3. The lowest BCUT2D eigenvalue weighted by molar-refractivity contribution is 0.473. The quantitative estimate of drug-likeness (QED) is 0.848. The molecule has 0 saturated carbocycles. The smallest absolute Gasteiger partial charge is 0.115 e. The van der Waals surface area contributed by atoms with E-state index in [2.05, 4.69) is 58.6 Å². The molecule has 0 amide bonds. The lowest BCUT2D eigenvalue weighted by Gasteiger charge is -2.21. The van der Waals surface area contributed by atoms with Crippen LogP contribution in [-0.2, 0) is 0 Å². The fraction of sp³-hybridized carbons (Fsp3) is 0.636. The van der Waals surface area contributed by atoms with Gasteiger partial charge in [-0.1, -0.05) is 13.8 Å². The number of hydrogen-bond acceptors (Lipinski definition) is 3. The normalized spacial score (nSPS) is 14.9. The van der Waals surface area contributed by atoms with Gasteiger partial charge >= 0.3 is 0 Å². The second kappa shape index (κ2) is 6.37. The highest BCUT2D eigenvalue weighted by atomic mass is 127. The van der Waals surface area contributed by atoms with E-state index in [9.17, 15) is 0 Å². The largest absolute Gasteiger partial charge is 0.314 e. The molecular weight excluding hydrogens is 301 g/mol. The summed E-state index contributed by atoms with van der Waals surface area (Å²) in [5.74, 6) is 0.423. The number of rotatable bonds is 5. The van der Waals surface area contributed by atoms with Gasteiger partial charge in [0.2, 0.25) is 0 Å². The maximum atomic E-state index is 4.35. The van der Waals surface area contributed by atoms with Crippen LogP contribution in [0.2, 0.25) is 0 Å². The maximum absolute atomic E-state index is 4.35. The lowest BCUT2D eigenvalue weighted by atomic mass is 9.99. The Labute approximate surface area is 105 Å². The first-order chi connectivity index (χ1) is 7.16. The number of nitrogens with zero attached hydrogens (tertiary/aromatic N) is 2. The zero-order valence-corrected chi connectivity index (χ0v) is 11.7. The van der Waals surface area contributed by atoms with Crippen LogP contribution in [0.5, 0.6) is 0 Å². The van der Waals surface area contributed by atoms with Crippen LogP contribution in [0.1, 0.15) is 38.8 Å². The number of hydrogen-bond donors (Lipinski definition) is 1. The van der Waals surface area contributed by atoms with Crippen molar-refractivity contribution in [2.75, 3.05) is 6.54 Å². The molecule has 0 fully saturated rings. The molecule has 1 aromatic heterocycles. The molecule has 0 aromatic carbocycles. The Balaban J connectivity index is 2.67. The third kappa shape index (κ3) is 3.68. The molecule has 0 radical (unpaired) electrons. The number of halogens is 1. The summed E-state index contributed by atoms with van der Waals surface area (Å²) in [6.45, 7) is 7.66. The van der Waals surface area contributed by atoms with Gasteiger partial charge in [-0.3, -0.25) is 0 Å². The van der Waals surface area contributed by atoms with Crippen molar-refractivity contribution in [2.45, 2.75) is 39.2 Å². The SMILES string of the molecule is CCCNC(C)C(C)c1ncncc1I. The van der Waals surface area contributed by atoms with Gasteiger partial charge in [0.15, 0.2) is 0 Å². The summed E-state index contributed by atoms with van der Waals surface area (Å²) in [6, 6.07) is 0.452. The summed E-state index contributed by atoms with van der Waals surface area (Å²) >= 11 is 2.29. The minimum absolute atomic E-state index is 0.423. The predicted octanol–water partition coefficient (Wildman–Crippen LogP) is 2.57. The topological polar surface area (TPSA) is 37.8 Å². The van der Waals surface area contributed by atoms with E-state index in [1.165, 1.54) is 0 Å². The molecule has 0 aliphatic carbocycles. The Hall–Kier alpha value is -0.230. The highest BCUT2D eigenvalue weighted by Gasteiger charge is 2.17. The lowest BCUT2D eigenvalue weighted by Crippen LogP contribution is -2.32. The van der Waals surface area contributed by atoms with E-state index in [-0.39, 0.29) is 0 Å². The van der Waals surface area contributed by atoms with Crippen molar-refractivity contribution in [2.24, 2.45) is 0 Å². The summed E-state index contributed by atoms with van der Waals surface area (Å²) in [5, 5.41) is 3.49. The maximum Gasteiger partial charge on any atom is 0.115 e. The van der Waals surface area contributed by atoms with Gasteiger partial charge in [0.25, 0.3) is 0 Å². The fourth-order valence-corrected chi connectivity index (χ4v) is 2.23. The van der Waals surface area contributed by atoms with Crippen molar-refractivity contribution >= 4 is 22.6 Å². The Morgan fingerprint density at radius 2 is 2.20 bits per heavy atom. The third-order valence-corrected chi connectivity index (χ3v) is 3.42. The zero-order valence-electron chi connectivity index (χ0n) is 9.50. The average Bonchev–Trinajstić information content (AvgIpc) is 2.25. The molecule has 1 rings (SSSR count). The van der Waals surface area contributed by atoms with E-state index in [0.29, 0.717) is 12.0 Å². The predicted molar refractivity (Wildman–Crippen MR) is 70.9 cm³/mol. The van der Waals surface area contributed by atoms with Gasteiger partial charge < -0.3 is 5.32 Å². The molecule has 0 aliphatic heterocycles. The van der Waals surface area contributed by atoms with Gasteiger partial charge in [-0.15, -0.1) is 0 Å². The van der Waals surface area contributed by atoms with E-state index in [4.69, 9.17) is 0 Å². The first-order valence-corrected chi connectivity index (χ1v) is 6.43. The highest BCUT2D eigenvalue weighted by Crippen LogP contribution is 2.21. The molecule has 0 saturated heterocycles. The molecule has 84 valence electrons. The van der Waals surface area contributed by atoms with Crippen molar-refractivity contribution in [3.05, 3.63) is 21.8 Å². The van der Waals surface area contributed by atoms with Gasteiger partial charge in [0, 0.05) is 18.2 Å². The van der Waals surface area contributed by atoms with Crippen LogP contribution in [0, 0.1) is 3.57 Å². The molecule has 2 unspecified atom stereocenters. The van der Waals surface area contributed by atoms with E-state index < -0.39 is 0 Å². The molecule has 3 nitrogen and oxygen atoms in total. The molecular formula is C11H18IN3. The molecule has 0 bridgehead atoms. The average molecular weight is 319 g/mol. The summed E-state index contributed by atoms with van der Waals surface area (Å²) in [7, 11) is 0. The van der Waals surface area contributed by atoms with Gasteiger partial charge in [-0.25, -0.2) is 9.97 Å². The Kier molecular flexibility index (Phi) is 5.45. The number of aromatic nitrogens is 2. The first kappa shape index (κ1) is 12.8. The van der Waals surface area contributed by atoms with Crippen LogP contribution < -0.4 is 5.32 Å². The van der Waals surface area contributed by atoms with Gasteiger partial charge in [0.05, 0.1) is 9.26 Å². The van der Waals surface area contributed by atoms with Crippen molar-refractivity contribution in [1.82, 2.24) is 15.3 Å². The van der Waals surface area contributed by atoms with Crippen molar-refractivity contribution in [3.63, 3.8) is 0 Å². The molecule has 4 heteroatoms. The van der Waals surface area contributed by atoms with Crippen LogP contribution in [0.25, 0.3) is 0 Å². The Morgan fingerprint density at radius 1 is 1.47 bits per heavy atom. The van der Waals surface area contributed by atoms with Crippen LogP contribution in [-0.4, -0.2) is 22.6 Å². The van der Waals surface area contributed by atoms with E-state index in [1.807, 2.05) is 6.20 Å². The summed E-state index contributed by atoms with van der Waals surface area (Å²) in [5.41, 5.74) is 1.14. The summed E-state index contributed by atoms with van der Waals surface area (Å²) in [6.07, 6.45) is 4.66. The van der Waals surface area contributed by atoms with Crippen LogP contribution in [0.3, 0.4) is 0 Å². The molecule has 0 aliphatic rings. The third-order valence-electron chi connectivity index (χ3n) is 2.59. The first-order valence-electron chi connectivity index (χ1n) is 5.35. The van der Waals surface area contributed by atoms with Gasteiger partial charge in [-0.2, -0.15) is 0 Å². The van der Waals surface area contributed by atoms with Crippen LogP contribution >= 0.6 is 22.6 Å². The van der Waals surface area contributed by atoms with E-state index >= 15 is 0 Å². The molecule has 1 aromatic rings. The monoisotopic (exact) mass is 319 g/mol. The second-order valence-electron chi connectivity index (χ2n) is 3.79. The van der Waals surface area contributed by atoms with Crippen LogP contribution in [0.15, 0.2) is 12.5 Å². The van der Waals surface area contributed by atoms with Crippen LogP contribution in [0.4, 0.5) is 0 Å². The molecule has 1 N–H and O–H groups in total. The minimum atomic E-state index is 0.423. The Bertz CT molecular complexity index is 304. The van der Waals surface area contributed by atoms with Crippen molar-refractivity contribution in [3.8, 4) is 0 Å². The zero-order chi connectivity index (χ0) is 11.3.